The first-order valence-corrected chi connectivity index (χ1v) is 6.20. The fraction of sp³-hybridized carbons (Fsp3) is 0.500. The fourth-order valence-corrected chi connectivity index (χ4v) is 2.11. The zero-order valence-corrected chi connectivity index (χ0v) is 10.9. The molecule has 1 aromatic rings. The van der Waals surface area contributed by atoms with Crippen LogP contribution in [-0.2, 0) is 9.59 Å². The zero-order valence-electron chi connectivity index (χ0n) is 10.1. The van der Waals surface area contributed by atoms with Gasteiger partial charge >= 0.3 is 5.97 Å². The van der Waals surface area contributed by atoms with E-state index >= 15 is 0 Å². The zero-order chi connectivity index (χ0) is 13.9. The number of primary amides is 1. The smallest absolute Gasteiger partial charge is 0.326 e. The Kier molecular flexibility index (Phi) is 4.62. The number of aliphatic carboxylic acids is 1. The van der Waals surface area contributed by atoms with Gasteiger partial charge in [0, 0.05) is 5.38 Å². The number of hydrogen-bond donors (Lipinski definition) is 4. The highest BCUT2D eigenvalue weighted by Gasteiger charge is 2.22. The molecule has 8 heteroatoms. The van der Waals surface area contributed by atoms with E-state index in [-0.39, 0.29) is 11.6 Å². The molecule has 0 aliphatic carbocycles. The van der Waals surface area contributed by atoms with Crippen LogP contribution in [-0.4, -0.2) is 28.0 Å². The van der Waals surface area contributed by atoms with Gasteiger partial charge < -0.3 is 21.9 Å². The number of carbonyl (C=O) groups is 2. The minimum absolute atomic E-state index is 0.00278. The monoisotopic (exact) mass is 272 g/mol. The summed E-state index contributed by atoms with van der Waals surface area (Å²) < 4.78 is 0. The summed E-state index contributed by atoms with van der Waals surface area (Å²) in [4.78, 5) is 25.9. The molecule has 0 aliphatic rings. The van der Waals surface area contributed by atoms with Gasteiger partial charge in [0.25, 0.3) is 0 Å². The van der Waals surface area contributed by atoms with Gasteiger partial charge in [0.1, 0.15) is 12.1 Å². The van der Waals surface area contributed by atoms with Crippen LogP contribution in [0.2, 0.25) is 0 Å². The van der Waals surface area contributed by atoms with Crippen LogP contribution in [0.5, 0.6) is 0 Å². The number of carboxylic acid groups (broad SMARTS) is 1. The normalized spacial score (nSPS) is 14.2. The number of hydrogen-bond acceptors (Lipinski definition) is 6. The molecule has 0 saturated heterocycles. The predicted octanol–water partition coefficient (Wildman–Crippen LogP) is 0.149. The quantitative estimate of drug-likeness (QED) is 0.583. The number of nitrogens with zero attached hydrogens (tertiary/aromatic N) is 1. The number of nitrogens with one attached hydrogen (secondary N) is 1. The van der Waals surface area contributed by atoms with Crippen molar-refractivity contribution in [3.63, 3.8) is 0 Å². The van der Waals surface area contributed by atoms with Crippen molar-refractivity contribution < 1.29 is 14.7 Å². The Morgan fingerprint density at radius 2 is 2.11 bits per heavy atom. The highest BCUT2D eigenvalue weighted by Crippen LogP contribution is 2.21. The van der Waals surface area contributed by atoms with Gasteiger partial charge in [0.2, 0.25) is 5.91 Å². The predicted molar refractivity (Wildman–Crippen MR) is 68.1 cm³/mol. The number of anilines is 1. The maximum atomic E-state index is 11.2. The van der Waals surface area contributed by atoms with Crippen LogP contribution in [0, 0.1) is 5.92 Å². The van der Waals surface area contributed by atoms with Crippen molar-refractivity contribution in [2.75, 3.05) is 5.32 Å². The second-order valence-corrected chi connectivity index (χ2v) is 5.02. The molecule has 0 aliphatic heterocycles. The number of thiazole rings is 1. The number of amides is 1. The highest BCUT2D eigenvalue weighted by atomic mass is 32.1. The third-order valence-corrected chi connectivity index (χ3v) is 3.15. The van der Waals surface area contributed by atoms with Crippen LogP contribution in [0.15, 0.2) is 5.38 Å². The molecule has 1 aromatic heterocycles. The van der Waals surface area contributed by atoms with Crippen molar-refractivity contribution in [2.24, 2.45) is 17.4 Å². The minimum Gasteiger partial charge on any atom is -0.480 e. The summed E-state index contributed by atoms with van der Waals surface area (Å²) in [5.74, 6) is -1.63. The van der Waals surface area contributed by atoms with Gasteiger partial charge in [0.15, 0.2) is 5.13 Å². The van der Waals surface area contributed by atoms with Gasteiger partial charge in [-0.3, -0.25) is 9.59 Å². The van der Waals surface area contributed by atoms with E-state index in [4.69, 9.17) is 16.6 Å². The molecule has 1 rings (SSSR count). The van der Waals surface area contributed by atoms with E-state index < -0.39 is 24.0 Å². The topological polar surface area (TPSA) is 131 Å². The van der Waals surface area contributed by atoms with Crippen LogP contribution >= 0.6 is 11.3 Å². The van der Waals surface area contributed by atoms with Gasteiger partial charge in [0.05, 0.1) is 5.69 Å². The third-order valence-electron chi connectivity index (χ3n) is 2.36. The van der Waals surface area contributed by atoms with E-state index in [2.05, 4.69) is 10.3 Å². The van der Waals surface area contributed by atoms with Crippen LogP contribution in [0.1, 0.15) is 25.6 Å². The van der Waals surface area contributed by atoms with Gasteiger partial charge in [-0.05, 0) is 5.92 Å². The summed E-state index contributed by atoms with van der Waals surface area (Å²) in [6.07, 6.45) is 0. The molecular formula is C10H16N4O3S. The molecule has 0 bridgehead atoms. The van der Waals surface area contributed by atoms with E-state index in [1.807, 2.05) is 13.8 Å². The maximum absolute atomic E-state index is 11.2. The number of carbonyl (C=O) groups excluding carboxylic acids is 1. The van der Waals surface area contributed by atoms with Crippen LogP contribution in [0.4, 0.5) is 5.13 Å². The molecule has 7 nitrogen and oxygen atoms in total. The van der Waals surface area contributed by atoms with Crippen molar-refractivity contribution in [1.29, 1.82) is 0 Å². The molecule has 0 spiro atoms. The number of carboxylic acids is 1. The second-order valence-electron chi connectivity index (χ2n) is 4.16. The Labute approximate surface area is 108 Å². The van der Waals surface area contributed by atoms with Gasteiger partial charge in [-0.2, -0.15) is 0 Å². The molecule has 6 N–H and O–H groups in total. The number of nitrogens with two attached hydrogens (primary N) is 2. The Hall–Kier alpha value is -1.67. The molecular weight excluding hydrogens is 256 g/mol. The van der Waals surface area contributed by atoms with E-state index in [9.17, 15) is 9.59 Å². The van der Waals surface area contributed by atoms with Crippen molar-refractivity contribution in [3.8, 4) is 0 Å². The summed E-state index contributed by atoms with van der Waals surface area (Å²) in [7, 11) is 0. The molecule has 0 fully saturated rings. The van der Waals surface area contributed by atoms with E-state index in [1.54, 1.807) is 5.38 Å². The lowest BCUT2D eigenvalue weighted by molar-refractivity contribution is -0.138. The third kappa shape index (κ3) is 3.41. The maximum Gasteiger partial charge on any atom is 0.326 e. The lowest BCUT2D eigenvalue weighted by Crippen LogP contribution is -2.39. The summed E-state index contributed by atoms with van der Waals surface area (Å²) in [6, 6.07) is -1.71. The van der Waals surface area contributed by atoms with Crippen LogP contribution in [0.25, 0.3) is 0 Å². The van der Waals surface area contributed by atoms with Gasteiger partial charge in [-0.25, -0.2) is 4.98 Å². The van der Waals surface area contributed by atoms with E-state index in [0.29, 0.717) is 5.13 Å². The molecule has 100 valence electrons. The molecule has 0 aromatic carbocycles. The standard InChI is InChI=1S/C10H16N4O3S/c1-4(2)7(8(12)15)14-10-13-5(3-18-10)6(11)9(16)17/h3-4,6-7H,11H2,1-2H3,(H2,12,15)(H,13,14)(H,16,17). The SMILES string of the molecule is CC(C)C(Nc1nc(C(N)C(=O)O)cs1)C(N)=O. The Bertz CT molecular complexity index is 446. The Balaban J connectivity index is 2.80. The molecule has 0 saturated carbocycles. The fourth-order valence-electron chi connectivity index (χ4n) is 1.32. The average Bonchev–Trinajstić information content (AvgIpc) is 2.72. The van der Waals surface area contributed by atoms with Crippen LogP contribution in [0.3, 0.4) is 0 Å². The van der Waals surface area contributed by atoms with E-state index in [1.165, 1.54) is 11.3 Å². The van der Waals surface area contributed by atoms with Gasteiger partial charge in [-0.15, -0.1) is 11.3 Å². The molecule has 2 unspecified atom stereocenters. The minimum atomic E-state index is -1.16. The summed E-state index contributed by atoms with van der Waals surface area (Å²) in [6.45, 7) is 3.69. The first kappa shape index (κ1) is 14.4. The molecule has 2 atom stereocenters. The van der Waals surface area contributed by atoms with Gasteiger partial charge in [-0.1, -0.05) is 13.8 Å². The first-order valence-electron chi connectivity index (χ1n) is 5.32. The summed E-state index contributed by atoms with van der Waals surface area (Å²) in [5.41, 5.74) is 10.9. The number of rotatable bonds is 6. The van der Waals surface area contributed by atoms with Crippen molar-refractivity contribution in [3.05, 3.63) is 11.1 Å². The highest BCUT2D eigenvalue weighted by molar-refractivity contribution is 7.13. The molecule has 18 heavy (non-hydrogen) atoms. The van der Waals surface area contributed by atoms with E-state index in [0.717, 1.165) is 0 Å². The summed E-state index contributed by atoms with van der Waals surface area (Å²) in [5, 5.41) is 13.6. The van der Waals surface area contributed by atoms with Crippen molar-refractivity contribution in [1.82, 2.24) is 4.98 Å². The number of aromatic nitrogens is 1. The summed E-state index contributed by atoms with van der Waals surface area (Å²) >= 11 is 1.19. The van der Waals surface area contributed by atoms with Crippen molar-refractivity contribution in [2.45, 2.75) is 25.9 Å². The molecule has 0 radical (unpaired) electrons. The Morgan fingerprint density at radius 3 is 2.56 bits per heavy atom. The first-order chi connectivity index (χ1) is 8.32. The largest absolute Gasteiger partial charge is 0.480 e. The molecule has 1 amide bonds. The average molecular weight is 272 g/mol. The van der Waals surface area contributed by atoms with Crippen LogP contribution < -0.4 is 16.8 Å². The second kappa shape index (κ2) is 5.78. The lowest BCUT2D eigenvalue weighted by atomic mass is 10.0. The molecule has 1 heterocycles. The van der Waals surface area contributed by atoms with Crippen molar-refractivity contribution >= 4 is 28.3 Å². The Morgan fingerprint density at radius 1 is 1.50 bits per heavy atom. The lowest BCUT2D eigenvalue weighted by Gasteiger charge is -2.18.